The van der Waals surface area contributed by atoms with Crippen molar-refractivity contribution in [2.75, 3.05) is 32.9 Å². The minimum atomic E-state index is -0.186. The second-order valence-electron chi connectivity index (χ2n) is 4.24. The van der Waals surface area contributed by atoms with E-state index in [1.807, 2.05) is 0 Å². The molecule has 0 aromatic carbocycles. The molecule has 1 N–H and O–H groups in total. The lowest BCUT2D eigenvalue weighted by atomic mass is 9.84. The Bertz CT molecular complexity index is 155. The first-order valence-corrected chi connectivity index (χ1v) is 5.42. The molecule has 1 unspecified atom stereocenters. The molecule has 3 heterocycles. The molecule has 0 radical (unpaired) electrons. The van der Waals surface area contributed by atoms with Crippen molar-refractivity contribution in [2.45, 2.75) is 25.3 Å². The van der Waals surface area contributed by atoms with Crippen molar-refractivity contribution in [3.63, 3.8) is 0 Å². The van der Waals surface area contributed by atoms with E-state index in [1.54, 1.807) is 0 Å². The van der Waals surface area contributed by atoms with E-state index in [1.165, 1.54) is 32.5 Å². The summed E-state index contributed by atoms with van der Waals surface area (Å²) < 4.78 is 11.9. The second kappa shape index (κ2) is 4.38. The Morgan fingerprint density at radius 3 is 2.62 bits per heavy atom. The molecule has 0 spiro atoms. The van der Waals surface area contributed by atoms with E-state index in [9.17, 15) is 4.39 Å². The first-order chi connectivity index (χ1) is 6.40. The van der Waals surface area contributed by atoms with Gasteiger partial charge in [0.25, 0.3) is 0 Å². The minimum Gasteiger partial charge on any atom is -0.312 e. The molecule has 3 saturated heterocycles. The van der Waals surface area contributed by atoms with E-state index in [4.69, 9.17) is 0 Å². The van der Waals surface area contributed by atoms with Gasteiger partial charge in [-0.25, -0.2) is 0 Å². The summed E-state index contributed by atoms with van der Waals surface area (Å²) in [6, 6.07) is 0.647. The molecule has 0 aromatic rings. The second-order valence-corrected chi connectivity index (χ2v) is 4.24. The maximum atomic E-state index is 11.9. The van der Waals surface area contributed by atoms with Gasteiger partial charge in [-0.2, -0.15) is 0 Å². The normalized spacial score (nSPS) is 38.1. The molecule has 0 aromatic heterocycles. The van der Waals surface area contributed by atoms with Crippen molar-refractivity contribution >= 4 is 0 Å². The maximum absolute atomic E-state index is 11.9. The largest absolute Gasteiger partial charge is 0.312 e. The van der Waals surface area contributed by atoms with Crippen molar-refractivity contribution in [1.29, 1.82) is 0 Å². The van der Waals surface area contributed by atoms with Crippen LogP contribution in [0, 0.1) is 5.92 Å². The van der Waals surface area contributed by atoms with Crippen LogP contribution < -0.4 is 5.32 Å². The highest BCUT2D eigenvalue weighted by Crippen LogP contribution is 2.27. The smallest absolute Gasteiger partial charge is 0.0906 e. The molecule has 76 valence electrons. The first-order valence-electron chi connectivity index (χ1n) is 5.42. The number of hydrogen-bond acceptors (Lipinski definition) is 2. The molecular formula is C10H19FN2. The molecule has 3 heteroatoms. The fraction of sp³-hybridized carbons (Fsp3) is 1.00. The van der Waals surface area contributed by atoms with Crippen LogP contribution in [0.1, 0.15) is 19.3 Å². The van der Waals surface area contributed by atoms with Crippen molar-refractivity contribution in [3.05, 3.63) is 0 Å². The fourth-order valence-electron chi connectivity index (χ4n) is 2.55. The third-order valence-electron chi connectivity index (χ3n) is 3.37. The Morgan fingerprint density at radius 2 is 2.08 bits per heavy atom. The van der Waals surface area contributed by atoms with Crippen LogP contribution in [0.15, 0.2) is 0 Å². The lowest BCUT2D eigenvalue weighted by Crippen LogP contribution is -2.56. The molecule has 2 bridgehead atoms. The highest BCUT2D eigenvalue weighted by atomic mass is 19.1. The summed E-state index contributed by atoms with van der Waals surface area (Å²) in [5.74, 6) is 0.865. The molecule has 0 aliphatic carbocycles. The number of nitrogens with one attached hydrogen (secondary N) is 1. The average molecular weight is 186 g/mol. The quantitative estimate of drug-likeness (QED) is 0.660. The molecule has 13 heavy (non-hydrogen) atoms. The predicted molar refractivity (Wildman–Crippen MR) is 51.5 cm³/mol. The van der Waals surface area contributed by atoms with Gasteiger partial charge in [-0.15, -0.1) is 0 Å². The van der Waals surface area contributed by atoms with Gasteiger partial charge in [-0.05, 0) is 44.8 Å². The summed E-state index contributed by atoms with van der Waals surface area (Å²) in [5.41, 5.74) is 0. The monoisotopic (exact) mass is 186 g/mol. The average Bonchev–Trinajstić information content (AvgIpc) is 2.20. The van der Waals surface area contributed by atoms with Gasteiger partial charge < -0.3 is 10.2 Å². The molecule has 3 aliphatic heterocycles. The van der Waals surface area contributed by atoms with E-state index < -0.39 is 0 Å². The summed E-state index contributed by atoms with van der Waals surface area (Å²) in [6.45, 7) is 4.43. The Hall–Kier alpha value is -0.150. The van der Waals surface area contributed by atoms with E-state index in [0.29, 0.717) is 12.5 Å². The highest BCUT2D eigenvalue weighted by molar-refractivity contribution is 4.90. The summed E-state index contributed by atoms with van der Waals surface area (Å²) in [4.78, 5) is 2.52. The SMILES string of the molecule is FCCCNC1CN2CCC1CC2. The van der Waals surface area contributed by atoms with Crippen molar-refractivity contribution in [1.82, 2.24) is 10.2 Å². The van der Waals surface area contributed by atoms with Crippen molar-refractivity contribution in [3.8, 4) is 0 Å². The zero-order valence-corrected chi connectivity index (χ0v) is 8.14. The Kier molecular flexibility index (Phi) is 3.17. The van der Waals surface area contributed by atoms with Crippen molar-refractivity contribution in [2.24, 2.45) is 5.92 Å². The number of piperidine rings is 3. The molecular weight excluding hydrogens is 167 g/mol. The van der Waals surface area contributed by atoms with Gasteiger partial charge in [0.05, 0.1) is 6.67 Å². The first kappa shape index (κ1) is 9.41. The number of hydrogen-bond donors (Lipinski definition) is 1. The maximum Gasteiger partial charge on any atom is 0.0906 e. The molecule has 3 aliphatic rings. The summed E-state index contributed by atoms with van der Waals surface area (Å²) in [7, 11) is 0. The Morgan fingerprint density at radius 1 is 1.31 bits per heavy atom. The molecule has 2 nitrogen and oxygen atoms in total. The number of alkyl halides is 1. The summed E-state index contributed by atoms with van der Waals surface area (Å²) in [6.07, 6.45) is 3.35. The van der Waals surface area contributed by atoms with Gasteiger partial charge >= 0.3 is 0 Å². The minimum absolute atomic E-state index is 0.186. The lowest BCUT2D eigenvalue weighted by molar-refractivity contribution is 0.0726. The zero-order chi connectivity index (χ0) is 9.10. The van der Waals surface area contributed by atoms with E-state index >= 15 is 0 Å². The molecule has 0 amide bonds. The topological polar surface area (TPSA) is 15.3 Å². The third-order valence-corrected chi connectivity index (χ3v) is 3.37. The molecule has 1 atom stereocenters. The molecule has 3 rings (SSSR count). The van der Waals surface area contributed by atoms with Crippen LogP contribution >= 0.6 is 0 Å². The van der Waals surface area contributed by atoms with Gasteiger partial charge in [0.15, 0.2) is 0 Å². The zero-order valence-electron chi connectivity index (χ0n) is 8.14. The Labute approximate surface area is 79.5 Å². The van der Waals surface area contributed by atoms with Gasteiger partial charge in [-0.3, -0.25) is 4.39 Å². The van der Waals surface area contributed by atoms with Gasteiger partial charge in [-0.1, -0.05) is 0 Å². The van der Waals surface area contributed by atoms with Crippen LogP contribution in [0.3, 0.4) is 0 Å². The highest BCUT2D eigenvalue weighted by Gasteiger charge is 2.33. The third kappa shape index (κ3) is 2.20. The molecule has 0 saturated carbocycles. The number of rotatable bonds is 4. The summed E-state index contributed by atoms with van der Waals surface area (Å²) >= 11 is 0. The molecule has 3 fully saturated rings. The fourth-order valence-corrected chi connectivity index (χ4v) is 2.55. The summed E-state index contributed by atoms with van der Waals surface area (Å²) in [5, 5.41) is 3.47. The predicted octanol–water partition coefficient (Wildman–Crippen LogP) is 1.03. The van der Waals surface area contributed by atoms with Crippen LogP contribution in [0.2, 0.25) is 0 Å². The standard InChI is InChI=1S/C10H19FN2/c11-4-1-5-12-10-8-13-6-2-9(10)3-7-13/h9-10,12H,1-8H2. The van der Waals surface area contributed by atoms with Gasteiger partial charge in [0.2, 0.25) is 0 Å². The number of fused-ring (bicyclic) bond motifs is 3. The van der Waals surface area contributed by atoms with Crippen LogP contribution in [0.5, 0.6) is 0 Å². The van der Waals surface area contributed by atoms with Crippen LogP contribution in [-0.2, 0) is 0 Å². The van der Waals surface area contributed by atoms with Gasteiger partial charge in [0, 0.05) is 12.6 Å². The van der Waals surface area contributed by atoms with Crippen LogP contribution in [-0.4, -0.2) is 43.8 Å². The van der Waals surface area contributed by atoms with Crippen LogP contribution in [0.25, 0.3) is 0 Å². The van der Waals surface area contributed by atoms with E-state index in [2.05, 4.69) is 10.2 Å². The number of halogens is 1. The Balaban J connectivity index is 1.74. The van der Waals surface area contributed by atoms with Crippen LogP contribution in [0.4, 0.5) is 4.39 Å². The van der Waals surface area contributed by atoms with E-state index in [-0.39, 0.29) is 6.67 Å². The number of nitrogens with zero attached hydrogens (tertiary/aromatic N) is 1. The van der Waals surface area contributed by atoms with Gasteiger partial charge in [0.1, 0.15) is 0 Å². The lowest BCUT2D eigenvalue weighted by Gasteiger charge is -2.45. The van der Waals surface area contributed by atoms with E-state index in [0.717, 1.165) is 12.5 Å². The van der Waals surface area contributed by atoms with Crippen molar-refractivity contribution < 1.29 is 4.39 Å².